The minimum absolute atomic E-state index is 0.0496. The Morgan fingerprint density at radius 1 is 1.47 bits per heavy atom. The van der Waals surface area contributed by atoms with Gasteiger partial charge in [0.05, 0.1) is 18.7 Å². The first-order valence-electron chi connectivity index (χ1n) is 4.30. The molecular formula is C10H11F2NO2. The highest BCUT2D eigenvalue weighted by Crippen LogP contribution is 2.25. The molecule has 3 nitrogen and oxygen atoms in total. The predicted molar refractivity (Wildman–Crippen MR) is 50.9 cm³/mol. The molecule has 0 amide bonds. The van der Waals surface area contributed by atoms with Gasteiger partial charge in [0.2, 0.25) is 5.82 Å². The maximum absolute atomic E-state index is 13.2. The van der Waals surface area contributed by atoms with Crippen LogP contribution in [0.3, 0.4) is 0 Å². The van der Waals surface area contributed by atoms with Crippen molar-refractivity contribution in [2.75, 3.05) is 7.11 Å². The Morgan fingerprint density at radius 3 is 2.53 bits per heavy atom. The number of benzene rings is 1. The summed E-state index contributed by atoms with van der Waals surface area (Å²) < 4.78 is 30.6. The standard InChI is InChI=1S/C10H11F2NO2/c1-5(13)9(14)6-3-4-7(11)8(12)10(6)15-2/h3-5H,13H2,1-2H3. The second kappa shape index (κ2) is 4.35. The maximum atomic E-state index is 13.2. The Hall–Kier alpha value is -1.49. The van der Waals surface area contributed by atoms with Crippen LogP contribution in [-0.4, -0.2) is 18.9 Å². The van der Waals surface area contributed by atoms with E-state index in [0.717, 1.165) is 19.2 Å². The molecule has 1 aromatic carbocycles. The Bertz CT molecular complexity index is 391. The van der Waals surface area contributed by atoms with Crippen molar-refractivity contribution in [3.05, 3.63) is 29.3 Å². The van der Waals surface area contributed by atoms with Crippen LogP contribution in [-0.2, 0) is 0 Å². The quantitative estimate of drug-likeness (QED) is 0.777. The molecule has 1 aromatic rings. The Kier molecular flexibility index (Phi) is 3.36. The summed E-state index contributed by atoms with van der Waals surface area (Å²) in [7, 11) is 1.16. The summed E-state index contributed by atoms with van der Waals surface area (Å²) in [5.74, 6) is -3.14. The van der Waals surface area contributed by atoms with Crippen LogP contribution in [0.1, 0.15) is 17.3 Å². The monoisotopic (exact) mass is 215 g/mol. The van der Waals surface area contributed by atoms with E-state index in [1.807, 2.05) is 0 Å². The van der Waals surface area contributed by atoms with E-state index in [1.54, 1.807) is 0 Å². The number of carbonyl (C=O) groups excluding carboxylic acids is 1. The van der Waals surface area contributed by atoms with Gasteiger partial charge in [0.1, 0.15) is 0 Å². The number of halogens is 2. The molecule has 0 radical (unpaired) electrons. The number of methoxy groups -OCH3 is 1. The summed E-state index contributed by atoms with van der Waals surface area (Å²) in [6.45, 7) is 1.46. The predicted octanol–water partition coefficient (Wildman–Crippen LogP) is 1.50. The van der Waals surface area contributed by atoms with Crippen molar-refractivity contribution in [3.8, 4) is 5.75 Å². The highest BCUT2D eigenvalue weighted by Gasteiger charge is 2.21. The molecule has 1 atom stereocenters. The van der Waals surface area contributed by atoms with Gasteiger partial charge in [-0.15, -0.1) is 0 Å². The van der Waals surface area contributed by atoms with Crippen LogP contribution in [0.25, 0.3) is 0 Å². The summed E-state index contributed by atoms with van der Waals surface area (Å²) in [5.41, 5.74) is 5.31. The first kappa shape index (κ1) is 11.6. The van der Waals surface area contributed by atoms with Gasteiger partial charge in [-0.3, -0.25) is 4.79 Å². The number of rotatable bonds is 3. The van der Waals surface area contributed by atoms with E-state index in [-0.39, 0.29) is 5.56 Å². The fourth-order valence-corrected chi connectivity index (χ4v) is 1.17. The number of ketones is 1. The van der Waals surface area contributed by atoms with E-state index in [9.17, 15) is 13.6 Å². The van der Waals surface area contributed by atoms with Gasteiger partial charge in [-0.05, 0) is 19.1 Å². The van der Waals surface area contributed by atoms with Crippen LogP contribution >= 0.6 is 0 Å². The van der Waals surface area contributed by atoms with Gasteiger partial charge in [-0.2, -0.15) is 4.39 Å². The topological polar surface area (TPSA) is 52.3 Å². The zero-order chi connectivity index (χ0) is 11.6. The molecule has 0 spiro atoms. The number of nitrogens with two attached hydrogens (primary N) is 1. The molecule has 0 aliphatic carbocycles. The van der Waals surface area contributed by atoms with Crippen molar-refractivity contribution in [1.82, 2.24) is 0 Å². The summed E-state index contributed by atoms with van der Waals surface area (Å²) >= 11 is 0. The van der Waals surface area contributed by atoms with Gasteiger partial charge < -0.3 is 10.5 Å². The number of Topliss-reactive ketones (excluding diaryl/α,β-unsaturated/α-hetero) is 1. The lowest BCUT2D eigenvalue weighted by atomic mass is 10.0. The molecule has 0 saturated heterocycles. The molecule has 15 heavy (non-hydrogen) atoms. The van der Waals surface area contributed by atoms with Gasteiger partial charge in [0, 0.05) is 0 Å². The third-order valence-electron chi connectivity index (χ3n) is 1.93. The molecule has 0 bridgehead atoms. The third kappa shape index (κ3) is 2.12. The van der Waals surface area contributed by atoms with E-state index in [2.05, 4.69) is 4.74 Å². The van der Waals surface area contributed by atoms with E-state index in [0.29, 0.717) is 0 Å². The number of hydrogen-bond donors (Lipinski definition) is 1. The van der Waals surface area contributed by atoms with Crippen LogP contribution in [0.5, 0.6) is 5.75 Å². The zero-order valence-corrected chi connectivity index (χ0v) is 8.38. The lowest BCUT2D eigenvalue weighted by Crippen LogP contribution is -2.27. The highest BCUT2D eigenvalue weighted by molar-refractivity contribution is 6.02. The van der Waals surface area contributed by atoms with Crippen LogP contribution in [0, 0.1) is 11.6 Å². The van der Waals surface area contributed by atoms with Crippen LogP contribution in [0.15, 0.2) is 12.1 Å². The molecular weight excluding hydrogens is 204 g/mol. The van der Waals surface area contributed by atoms with Crippen LogP contribution in [0.4, 0.5) is 8.78 Å². The Labute approximate surface area is 85.8 Å². The molecule has 0 fully saturated rings. The van der Waals surface area contributed by atoms with Crippen molar-refractivity contribution in [2.45, 2.75) is 13.0 Å². The SMILES string of the molecule is COc1c(C(=O)C(C)N)ccc(F)c1F. The smallest absolute Gasteiger partial charge is 0.201 e. The lowest BCUT2D eigenvalue weighted by molar-refractivity contribution is 0.0964. The Morgan fingerprint density at radius 2 is 2.07 bits per heavy atom. The fraction of sp³-hybridized carbons (Fsp3) is 0.300. The lowest BCUT2D eigenvalue weighted by Gasteiger charge is -2.10. The molecule has 1 rings (SSSR count). The van der Waals surface area contributed by atoms with Gasteiger partial charge in [-0.1, -0.05) is 0 Å². The molecule has 82 valence electrons. The second-order valence-electron chi connectivity index (χ2n) is 3.10. The van der Waals surface area contributed by atoms with Crippen molar-refractivity contribution in [1.29, 1.82) is 0 Å². The summed E-state index contributed by atoms with van der Waals surface area (Å²) in [4.78, 5) is 11.5. The number of carbonyl (C=O) groups is 1. The van der Waals surface area contributed by atoms with Gasteiger partial charge in [0.15, 0.2) is 17.3 Å². The average Bonchev–Trinajstić information content (AvgIpc) is 2.20. The first-order chi connectivity index (χ1) is 6.99. The average molecular weight is 215 g/mol. The van der Waals surface area contributed by atoms with Crippen molar-refractivity contribution >= 4 is 5.78 Å². The van der Waals surface area contributed by atoms with E-state index < -0.39 is 29.2 Å². The van der Waals surface area contributed by atoms with Crippen LogP contribution < -0.4 is 10.5 Å². The van der Waals surface area contributed by atoms with Crippen molar-refractivity contribution in [2.24, 2.45) is 5.73 Å². The van der Waals surface area contributed by atoms with E-state index in [4.69, 9.17) is 5.73 Å². The molecule has 0 heterocycles. The zero-order valence-electron chi connectivity index (χ0n) is 8.38. The first-order valence-corrected chi connectivity index (χ1v) is 4.30. The second-order valence-corrected chi connectivity index (χ2v) is 3.10. The summed E-state index contributed by atoms with van der Waals surface area (Å²) in [6.07, 6.45) is 0. The minimum atomic E-state index is -1.18. The Balaban J connectivity index is 3.31. The maximum Gasteiger partial charge on any atom is 0.201 e. The minimum Gasteiger partial charge on any atom is -0.493 e. The van der Waals surface area contributed by atoms with E-state index >= 15 is 0 Å². The largest absolute Gasteiger partial charge is 0.493 e. The van der Waals surface area contributed by atoms with Gasteiger partial charge in [0.25, 0.3) is 0 Å². The summed E-state index contributed by atoms with van der Waals surface area (Å²) in [5, 5.41) is 0. The third-order valence-corrected chi connectivity index (χ3v) is 1.93. The molecule has 5 heteroatoms. The van der Waals surface area contributed by atoms with Crippen molar-refractivity contribution in [3.63, 3.8) is 0 Å². The molecule has 0 aliphatic heterocycles. The van der Waals surface area contributed by atoms with Gasteiger partial charge in [-0.25, -0.2) is 4.39 Å². The fourth-order valence-electron chi connectivity index (χ4n) is 1.17. The molecule has 2 N–H and O–H groups in total. The molecule has 0 aromatic heterocycles. The number of ether oxygens (including phenoxy) is 1. The summed E-state index contributed by atoms with van der Waals surface area (Å²) in [6, 6.07) is 1.24. The molecule has 1 unspecified atom stereocenters. The highest BCUT2D eigenvalue weighted by atomic mass is 19.2. The van der Waals surface area contributed by atoms with Crippen molar-refractivity contribution < 1.29 is 18.3 Å². The van der Waals surface area contributed by atoms with Crippen LogP contribution in [0.2, 0.25) is 0 Å². The van der Waals surface area contributed by atoms with Gasteiger partial charge >= 0.3 is 0 Å². The molecule has 0 aliphatic rings. The number of hydrogen-bond acceptors (Lipinski definition) is 3. The normalized spacial score (nSPS) is 12.3. The molecule has 0 saturated carbocycles. The van der Waals surface area contributed by atoms with E-state index in [1.165, 1.54) is 6.92 Å².